The first-order valence-corrected chi connectivity index (χ1v) is 14.4. The summed E-state index contributed by atoms with van der Waals surface area (Å²) in [5.41, 5.74) is 0. The third-order valence-corrected chi connectivity index (χ3v) is 5.96. The lowest BCUT2D eigenvalue weighted by atomic mass is 10.5. The lowest BCUT2D eigenvalue weighted by molar-refractivity contribution is -0.140. The Kier molecular flexibility index (Phi) is 8.04. The van der Waals surface area contributed by atoms with E-state index in [0.717, 1.165) is 24.2 Å². The topological polar surface area (TPSA) is 52.6 Å². The molecular weight excluding hydrogens is 288 g/mol. The van der Waals surface area contributed by atoms with Crippen LogP contribution < -0.4 is 0 Å². The van der Waals surface area contributed by atoms with Gasteiger partial charge in [0, 0.05) is 28.3 Å². The SMILES string of the molecule is C[Si](C)(C)CCOC(=O)C=CC(=O)OCC[Si](C)(C)C. The molecule has 6 heteroatoms. The molecule has 4 nitrogen and oxygen atoms in total. The van der Waals surface area contributed by atoms with Gasteiger partial charge >= 0.3 is 11.9 Å². The van der Waals surface area contributed by atoms with Gasteiger partial charge in [-0.3, -0.25) is 0 Å². The Morgan fingerprint density at radius 3 is 1.30 bits per heavy atom. The van der Waals surface area contributed by atoms with Gasteiger partial charge in [0.05, 0.1) is 13.2 Å². The van der Waals surface area contributed by atoms with Gasteiger partial charge in [0.15, 0.2) is 0 Å². The van der Waals surface area contributed by atoms with E-state index in [1.807, 2.05) is 0 Å². The highest BCUT2D eigenvalue weighted by Gasteiger charge is 2.14. The Morgan fingerprint density at radius 2 is 1.05 bits per heavy atom. The maximum atomic E-state index is 11.4. The minimum atomic E-state index is -1.19. The number of esters is 2. The average Bonchev–Trinajstić information content (AvgIpc) is 2.22. The smallest absolute Gasteiger partial charge is 0.330 e. The molecule has 0 aromatic heterocycles. The van der Waals surface area contributed by atoms with E-state index in [1.165, 1.54) is 0 Å². The fraction of sp³-hybridized carbons (Fsp3) is 0.714. The molecule has 0 aromatic rings. The second kappa shape index (κ2) is 8.41. The summed E-state index contributed by atoms with van der Waals surface area (Å²) in [4.78, 5) is 22.7. The molecule has 20 heavy (non-hydrogen) atoms. The minimum Gasteiger partial charge on any atom is -0.463 e. The largest absolute Gasteiger partial charge is 0.463 e. The summed E-state index contributed by atoms with van der Waals surface area (Å²) in [5.74, 6) is -0.962. The van der Waals surface area contributed by atoms with Crippen LogP contribution >= 0.6 is 0 Å². The lowest BCUT2D eigenvalue weighted by Crippen LogP contribution is -2.22. The number of carbonyl (C=O) groups excluding carboxylic acids is 2. The summed E-state index contributed by atoms with van der Waals surface area (Å²) in [6.45, 7) is 14.1. The number of carbonyl (C=O) groups is 2. The Bertz CT molecular complexity index is 317. The second-order valence-electron chi connectivity index (χ2n) is 7.29. The van der Waals surface area contributed by atoms with Crippen LogP contribution in [0.2, 0.25) is 51.4 Å². The Morgan fingerprint density at radius 1 is 0.750 bits per heavy atom. The van der Waals surface area contributed by atoms with Gasteiger partial charge in [-0.25, -0.2) is 9.59 Å². The van der Waals surface area contributed by atoms with Gasteiger partial charge in [-0.1, -0.05) is 39.3 Å². The van der Waals surface area contributed by atoms with Crippen LogP contribution in [0.4, 0.5) is 0 Å². The molecule has 0 aliphatic heterocycles. The summed E-state index contributed by atoms with van der Waals surface area (Å²) in [6, 6.07) is 1.85. The predicted octanol–water partition coefficient (Wildman–Crippen LogP) is 3.31. The second-order valence-corrected chi connectivity index (χ2v) is 18.5. The summed E-state index contributed by atoms with van der Waals surface area (Å²) in [7, 11) is -2.39. The Hall–Kier alpha value is -0.886. The molecular formula is C14H28O4Si2. The first-order chi connectivity index (χ1) is 8.99. The maximum absolute atomic E-state index is 11.4. The molecule has 0 amide bonds. The molecule has 0 spiro atoms. The molecule has 0 rings (SSSR count). The van der Waals surface area contributed by atoms with Gasteiger partial charge in [-0.2, -0.15) is 0 Å². The van der Waals surface area contributed by atoms with E-state index >= 15 is 0 Å². The van der Waals surface area contributed by atoms with E-state index in [2.05, 4.69) is 39.3 Å². The van der Waals surface area contributed by atoms with E-state index in [1.54, 1.807) is 0 Å². The monoisotopic (exact) mass is 316 g/mol. The molecule has 0 saturated carbocycles. The van der Waals surface area contributed by atoms with Crippen LogP contribution in [0.3, 0.4) is 0 Å². The fourth-order valence-electron chi connectivity index (χ4n) is 1.15. The van der Waals surface area contributed by atoms with Gasteiger partial charge in [-0.05, 0) is 12.1 Å². The Balaban J connectivity index is 3.86. The highest BCUT2D eigenvalue weighted by Crippen LogP contribution is 2.08. The number of hydrogen-bond donors (Lipinski definition) is 0. The summed E-state index contributed by atoms with van der Waals surface area (Å²) >= 11 is 0. The number of rotatable bonds is 8. The highest BCUT2D eigenvalue weighted by molar-refractivity contribution is 6.76. The Labute approximate surface area is 124 Å². The van der Waals surface area contributed by atoms with Crippen molar-refractivity contribution in [2.75, 3.05) is 13.2 Å². The maximum Gasteiger partial charge on any atom is 0.330 e. The molecule has 0 heterocycles. The van der Waals surface area contributed by atoms with Gasteiger partial charge in [0.25, 0.3) is 0 Å². The van der Waals surface area contributed by atoms with Crippen molar-refractivity contribution in [1.82, 2.24) is 0 Å². The number of ether oxygens (including phenoxy) is 2. The summed E-state index contributed by atoms with van der Waals surface area (Å²) in [5, 5.41) is 0. The first kappa shape index (κ1) is 19.1. The molecule has 0 N–H and O–H groups in total. The third kappa shape index (κ3) is 13.5. The van der Waals surface area contributed by atoms with Crippen molar-refractivity contribution in [1.29, 1.82) is 0 Å². The van der Waals surface area contributed by atoms with E-state index in [9.17, 15) is 9.59 Å². The summed E-state index contributed by atoms with van der Waals surface area (Å²) < 4.78 is 10.1. The van der Waals surface area contributed by atoms with Crippen LogP contribution in [-0.4, -0.2) is 41.3 Å². The van der Waals surface area contributed by atoms with Crippen molar-refractivity contribution in [2.45, 2.75) is 51.4 Å². The average molecular weight is 317 g/mol. The van der Waals surface area contributed by atoms with Crippen molar-refractivity contribution in [2.24, 2.45) is 0 Å². The normalized spacial score (nSPS) is 12.5. The zero-order valence-electron chi connectivity index (χ0n) is 13.6. The zero-order valence-corrected chi connectivity index (χ0v) is 15.6. The fourth-order valence-corrected chi connectivity index (χ4v) is 2.58. The molecule has 0 bridgehead atoms. The first-order valence-electron chi connectivity index (χ1n) is 7.01. The van der Waals surface area contributed by atoms with Gasteiger partial charge < -0.3 is 9.47 Å². The predicted molar refractivity (Wildman–Crippen MR) is 87.4 cm³/mol. The zero-order chi connectivity index (χ0) is 15.8. The molecule has 0 unspecified atom stereocenters. The van der Waals surface area contributed by atoms with E-state index in [-0.39, 0.29) is 0 Å². The molecule has 0 saturated heterocycles. The quantitative estimate of drug-likeness (QED) is 0.392. The molecule has 0 aliphatic carbocycles. The molecule has 0 aliphatic rings. The third-order valence-electron chi connectivity index (χ3n) is 2.55. The van der Waals surface area contributed by atoms with Gasteiger partial charge in [0.1, 0.15) is 0 Å². The molecule has 0 atom stereocenters. The standard InChI is InChI=1S/C14H28O4Si2/c1-19(2,3)11-9-17-13(15)7-8-14(16)18-10-12-20(4,5)6/h7-8H,9-12H2,1-6H3. The summed E-state index contributed by atoms with van der Waals surface area (Å²) in [6.07, 6.45) is 2.28. The van der Waals surface area contributed by atoms with Crippen LogP contribution in [0.15, 0.2) is 12.2 Å². The van der Waals surface area contributed by atoms with Gasteiger partial charge in [0.2, 0.25) is 0 Å². The van der Waals surface area contributed by atoms with Crippen molar-refractivity contribution in [3.63, 3.8) is 0 Å². The van der Waals surface area contributed by atoms with E-state index in [0.29, 0.717) is 13.2 Å². The molecule has 0 aromatic carbocycles. The van der Waals surface area contributed by atoms with Crippen LogP contribution in [0, 0.1) is 0 Å². The molecule has 0 fully saturated rings. The van der Waals surface area contributed by atoms with Crippen molar-refractivity contribution in [3.05, 3.63) is 12.2 Å². The van der Waals surface area contributed by atoms with Crippen LogP contribution in [0.1, 0.15) is 0 Å². The molecule has 116 valence electrons. The lowest BCUT2D eigenvalue weighted by Gasteiger charge is -2.15. The van der Waals surface area contributed by atoms with Crippen molar-refractivity contribution in [3.8, 4) is 0 Å². The van der Waals surface area contributed by atoms with Crippen molar-refractivity contribution >= 4 is 28.1 Å². The van der Waals surface area contributed by atoms with Gasteiger partial charge in [-0.15, -0.1) is 0 Å². The number of hydrogen-bond acceptors (Lipinski definition) is 4. The molecule has 0 radical (unpaired) electrons. The van der Waals surface area contributed by atoms with E-state index < -0.39 is 28.1 Å². The minimum absolute atomic E-state index is 0.420. The van der Waals surface area contributed by atoms with Crippen molar-refractivity contribution < 1.29 is 19.1 Å². The van der Waals surface area contributed by atoms with Crippen LogP contribution in [0.25, 0.3) is 0 Å². The van der Waals surface area contributed by atoms with E-state index in [4.69, 9.17) is 9.47 Å². The van der Waals surface area contributed by atoms with Crippen LogP contribution in [0.5, 0.6) is 0 Å². The highest BCUT2D eigenvalue weighted by atomic mass is 28.3. The van der Waals surface area contributed by atoms with Crippen LogP contribution in [-0.2, 0) is 19.1 Å².